The van der Waals surface area contributed by atoms with Gasteiger partial charge in [0.05, 0.1) is 11.1 Å². The SMILES string of the molecule is Cc1cc(C)nc(SC(C)CC#N)c1. The summed E-state index contributed by atoms with van der Waals surface area (Å²) in [7, 11) is 0. The second-order valence-corrected chi connectivity index (χ2v) is 4.87. The van der Waals surface area contributed by atoms with Crippen LogP contribution in [0.25, 0.3) is 0 Å². The predicted molar refractivity (Wildman–Crippen MR) is 59.3 cm³/mol. The van der Waals surface area contributed by atoms with E-state index in [2.05, 4.69) is 30.1 Å². The average molecular weight is 206 g/mol. The number of rotatable bonds is 3. The summed E-state index contributed by atoms with van der Waals surface area (Å²) in [6, 6.07) is 6.28. The van der Waals surface area contributed by atoms with Gasteiger partial charge in [-0.1, -0.05) is 6.92 Å². The van der Waals surface area contributed by atoms with E-state index >= 15 is 0 Å². The van der Waals surface area contributed by atoms with Crippen molar-refractivity contribution in [3.63, 3.8) is 0 Å². The molecule has 2 nitrogen and oxygen atoms in total. The number of pyridine rings is 1. The van der Waals surface area contributed by atoms with Gasteiger partial charge in [-0.15, -0.1) is 11.8 Å². The maximum atomic E-state index is 8.54. The number of nitrogens with zero attached hydrogens (tertiary/aromatic N) is 2. The molecule has 1 aromatic heterocycles. The molecule has 1 heterocycles. The lowest BCUT2D eigenvalue weighted by atomic mass is 10.3. The van der Waals surface area contributed by atoms with E-state index in [0.717, 1.165) is 10.7 Å². The molecule has 1 atom stereocenters. The monoisotopic (exact) mass is 206 g/mol. The van der Waals surface area contributed by atoms with Gasteiger partial charge in [0.2, 0.25) is 0 Å². The van der Waals surface area contributed by atoms with E-state index in [0.29, 0.717) is 11.7 Å². The van der Waals surface area contributed by atoms with Crippen molar-refractivity contribution in [2.45, 2.75) is 37.5 Å². The maximum absolute atomic E-state index is 8.54. The number of hydrogen-bond donors (Lipinski definition) is 0. The Morgan fingerprint density at radius 2 is 2.21 bits per heavy atom. The molecule has 0 aliphatic carbocycles. The average Bonchev–Trinajstić information content (AvgIpc) is 2.01. The molecular weight excluding hydrogens is 192 g/mol. The summed E-state index contributed by atoms with van der Waals surface area (Å²) in [4.78, 5) is 4.41. The molecule has 0 amide bonds. The molecule has 0 aromatic carbocycles. The zero-order valence-corrected chi connectivity index (χ0v) is 9.56. The molecule has 0 saturated carbocycles. The van der Waals surface area contributed by atoms with Crippen LogP contribution in [0, 0.1) is 25.2 Å². The molecule has 0 bridgehead atoms. The van der Waals surface area contributed by atoms with E-state index in [1.807, 2.05) is 13.8 Å². The molecule has 1 aromatic rings. The Labute approximate surface area is 89.4 Å². The number of nitriles is 1. The molecule has 0 N–H and O–H groups in total. The zero-order valence-electron chi connectivity index (χ0n) is 8.74. The van der Waals surface area contributed by atoms with Gasteiger partial charge >= 0.3 is 0 Å². The summed E-state index contributed by atoms with van der Waals surface area (Å²) in [6.07, 6.45) is 0.569. The molecular formula is C11H14N2S. The van der Waals surface area contributed by atoms with Crippen LogP contribution in [0.5, 0.6) is 0 Å². The molecule has 0 saturated heterocycles. The highest BCUT2D eigenvalue weighted by molar-refractivity contribution is 7.99. The zero-order chi connectivity index (χ0) is 10.6. The molecule has 1 rings (SSSR count). The van der Waals surface area contributed by atoms with Crippen LogP contribution in [0.3, 0.4) is 0 Å². The van der Waals surface area contributed by atoms with Gasteiger partial charge in [0.15, 0.2) is 0 Å². The van der Waals surface area contributed by atoms with E-state index in [-0.39, 0.29) is 0 Å². The number of aryl methyl sites for hydroxylation is 2. The van der Waals surface area contributed by atoms with Crippen molar-refractivity contribution in [2.24, 2.45) is 0 Å². The summed E-state index contributed by atoms with van der Waals surface area (Å²) in [5.74, 6) is 0. The lowest BCUT2D eigenvalue weighted by Crippen LogP contribution is -1.96. The summed E-state index contributed by atoms with van der Waals surface area (Å²) < 4.78 is 0. The minimum Gasteiger partial charge on any atom is -0.247 e. The normalized spacial score (nSPS) is 12.1. The van der Waals surface area contributed by atoms with E-state index in [1.54, 1.807) is 11.8 Å². The molecule has 0 radical (unpaired) electrons. The van der Waals surface area contributed by atoms with E-state index in [9.17, 15) is 0 Å². The fourth-order valence-corrected chi connectivity index (χ4v) is 2.26. The Balaban J connectivity index is 2.72. The number of hydrogen-bond acceptors (Lipinski definition) is 3. The van der Waals surface area contributed by atoms with Gasteiger partial charge in [0.1, 0.15) is 0 Å². The first kappa shape index (κ1) is 11.1. The van der Waals surface area contributed by atoms with Crippen LogP contribution in [0.4, 0.5) is 0 Å². The first-order valence-corrected chi connectivity index (χ1v) is 5.48. The fraction of sp³-hybridized carbons (Fsp3) is 0.455. The lowest BCUT2D eigenvalue weighted by Gasteiger charge is -2.07. The number of aromatic nitrogens is 1. The highest BCUT2D eigenvalue weighted by Crippen LogP contribution is 2.24. The Bertz CT molecular complexity index is 335. The minimum absolute atomic E-state index is 0.314. The Hall–Kier alpha value is -1.01. The van der Waals surface area contributed by atoms with Crippen molar-refractivity contribution in [3.8, 4) is 6.07 Å². The van der Waals surface area contributed by atoms with Crippen LogP contribution < -0.4 is 0 Å². The van der Waals surface area contributed by atoms with Crippen LogP contribution in [0.15, 0.2) is 17.2 Å². The van der Waals surface area contributed by atoms with E-state index in [1.165, 1.54) is 5.56 Å². The summed E-state index contributed by atoms with van der Waals surface area (Å²) in [5, 5.41) is 9.87. The molecule has 0 aliphatic rings. The van der Waals surface area contributed by atoms with Gasteiger partial charge in [0.25, 0.3) is 0 Å². The van der Waals surface area contributed by atoms with Crippen LogP contribution in [-0.2, 0) is 0 Å². The van der Waals surface area contributed by atoms with Crippen LogP contribution in [0.1, 0.15) is 24.6 Å². The van der Waals surface area contributed by atoms with Gasteiger partial charge in [-0.2, -0.15) is 5.26 Å². The number of thioether (sulfide) groups is 1. The predicted octanol–water partition coefficient (Wildman–Crippen LogP) is 3.09. The van der Waals surface area contributed by atoms with Gasteiger partial charge in [-0.05, 0) is 31.5 Å². The minimum atomic E-state index is 0.314. The third-order valence-corrected chi connectivity index (χ3v) is 2.79. The van der Waals surface area contributed by atoms with E-state index in [4.69, 9.17) is 5.26 Å². The highest BCUT2D eigenvalue weighted by atomic mass is 32.2. The lowest BCUT2D eigenvalue weighted by molar-refractivity contribution is 0.970. The maximum Gasteiger partial charge on any atom is 0.0968 e. The molecule has 0 aliphatic heterocycles. The topological polar surface area (TPSA) is 36.7 Å². The van der Waals surface area contributed by atoms with Crippen molar-refractivity contribution in [2.75, 3.05) is 0 Å². The molecule has 1 unspecified atom stereocenters. The quantitative estimate of drug-likeness (QED) is 0.713. The summed E-state index contributed by atoms with van der Waals surface area (Å²) >= 11 is 1.66. The van der Waals surface area contributed by atoms with E-state index < -0.39 is 0 Å². The second kappa shape index (κ2) is 5.02. The Morgan fingerprint density at radius 3 is 2.79 bits per heavy atom. The van der Waals surface area contributed by atoms with Gasteiger partial charge < -0.3 is 0 Å². The molecule has 0 spiro atoms. The van der Waals surface area contributed by atoms with Gasteiger partial charge in [-0.3, -0.25) is 0 Å². The standard InChI is InChI=1S/C11H14N2S/c1-8-6-9(2)13-11(7-8)14-10(3)4-5-12/h6-7,10H,4H2,1-3H3. The molecule has 0 fully saturated rings. The van der Waals surface area contributed by atoms with Crippen molar-refractivity contribution in [1.29, 1.82) is 5.26 Å². The third-order valence-electron chi connectivity index (χ3n) is 1.77. The smallest absolute Gasteiger partial charge is 0.0968 e. The Morgan fingerprint density at radius 1 is 1.50 bits per heavy atom. The van der Waals surface area contributed by atoms with Crippen molar-refractivity contribution in [3.05, 3.63) is 23.4 Å². The van der Waals surface area contributed by atoms with Gasteiger partial charge in [-0.25, -0.2) is 4.98 Å². The first-order valence-electron chi connectivity index (χ1n) is 4.60. The highest BCUT2D eigenvalue weighted by Gasteiger charge is 2.05. The first-order chi connectivity index (χ1) is 6.61. The van der Waals surface area contributed by atoms with Crippen LogP contribution in [0.2, 0.25) is 0 Å². The largest absolute Gasteiger partial charge is 0.247 e. The fourth-order valence-electron chi connectivity index (χ4n) is 1.24. The van der Waals surface area contributed by atoms with Crippen molar-refractivity contribution >= 4 is 11.8 Å². The Kier molecular flexibility index (Phi) is 3.97. The van der Waals surface area contributed by atoms with Crippen molar-refractivity contribution < 1.29 is 0 Å². The van der Waals surface area contributed by atoms with Crippen LogP contribution in [-0.4, -0.2) is 10.2 Å². The molecule has 74 valence electrons. The van der Waals surface area contributed by atoms with Gasteiger partial charge in [0, 0.05) is 17.4 Å². The third kappa shape index (κ3) is 3.39. The summed E-state index contributed by atoms with van der Waals surface area (Å²) in [6.45, 7) is 6.10. The van der Waals surface area contributed by atoms with Crippen molar-refractivity contribution in [1.82, 2.24) is 4.98 Å². The van der Waals surface area contributed by atoms with Crippen LogP contribution >= 0.6 is 11.8 Å². The summed E-state index contributed by atoms with van der Waals surface area (Å²) in [5.41, 5.74) is 2.26. The molecule has 14 heavy (non-hydrogen) atoms. The second-order valence-electron chi connectivity index (χ2n) is 3.41. The molecule has 3 heteroatoms.